The van der Waals surface area contributed by atoms with E-state index in [1.165, 1.54) is 6.08 Å². The summed E-state index contributed by atoms with van der Waals surface area (Å²) in [6, 6.07) is 6.61. The summed E-state index contributed by atoms with van der Waals surface area (Å²) in [5.74, 6) is 1.59. The Morgan fingerprint density at radius 2 is 1.69 bits per heavy atom. The van der Waals surface area contributed by atoms with Crippen molar-refractivity contribution in [1.82, 2.24) is 30.0 Å². The predicted octanol–water partition coefficient (Wildman–Crippen LogP) is 6.22. The van der Waals surface area contributed by atoms with Crippen LogP contribution in [0.4, 0.5) is 24.9 Å². The lowest BCUT2D eigenvalue weighted by atomic mass is 9.71. The number of hydrogen-bond acceptors (Lipinski definition) is 9. The number of carbonyl (C=O) groups is 1. The van der Waals surface area contributed by atoms with Crippen LogP contribution in [0, 0.1) is 17.8 Å². The molecule has 0 bridgehead atoms. The van der Waals surface area contributed by atoms with Crippen molar-refractivity contribution in [1.29, 1.82) is 0 Å². The van der Waals surface area contributed by atoms with Gasteiger partial charge in [0.15, 0.2) is 12.4 Å². The summed E-state index contributed by atoms with van der Waals surface area (Å²) in [4.78, 5) is 31.7. The Labute approximate surface area is 317 Å². The molecule has 2 aromatic heterocycles. The van der Waals surface area contributed by atoms with Crippen molar-refractivity contribution in [3.8, 4) is 16.9 Å². The normalized spacial score (nSPS) is 22.6. The first-order chi connectivity index (χ1) is 26.5. The number of anilines is 2. The van der Waals surface area contributed by atoms with Crippen LogP contribution in [0.25, 0.3) is 32.9 Å². The van der Waals surface area contributed by atoms with E-state index in [0.717, 1.165) is 130 Å². The molecule has 2 spiro atoms. The SMILES string of the molecule is C=CC(=O)N1CC2(CCN(c3nc(N4CC5(CCN(C6COC6)CC5)C4)nc4c(OCC(F)(F)F)c(-c5c(C)ccc6[nH]ncc56)c(C5CC5)cc34)CC2)C1. The van der Waals surface area contributed by atoms with Crippen LogP contribution in [0.15, 0.2) is 37.1 Å². The number of halogens is 3. The van der Waals surface area contributed by atoms with Gasteiger partial charge in [-0.25, -0.2) is 4.98 Å². The quantitative estimate of drug-likeness (QED) is 0.210. The molecule has 4 aromatic rings. The molecule has 7 heterocycles. The minimum atomic E-state index is -4.55. The Hall–Kier alpha value is -4.43. The van der Waals surface area contributed by atoms with E-state index in [0.29, 0.717) is 36.2 Å². The van der Waals surface area contributed by atoms with Crippen LogP contribution in [0.1, 0.15) is 55.6 Å². The lowest BCUT2D eigenvalue weighted by Crippen LogP contribution is -2.63. The van der Waals surface area contributed by atoms with E-state index >= 15 is 0 Å². The largest absolute Gasteiger partial charge is 0.481 e. The molecule has 1 saturated carbocycles. The molecule has 6 fully saturated rings. The molecule has 0 atom stereocenters. The molecule has 5 saturated heterocycles. The second-order valence-corrected chi connectivity index (χ2v) is 17.1. The number of piperidine rings is 2. The van der Waals surface area contributed by atoms with Crippen molar-refractivity contribution in [3.63, 3.8) is 0 Å². The first-order valence-corrected chi connectivity index (χ1v) is 19.8. The Kier molecular flexibility index (Phi) is 8.15. The maximum absolute atomic E-state index is 14.2. The van der Waals surface area contributed by atoms with Crippen molar-refractivity contribution in [2.24, 2.45) is 10.8 Å². The number of nitrogens with one attached hydrogen (secondary N) is 1. The number of carbonyl (C=O) groups excluding carboxylic acids is 1. The van der Waals surface area contributed by atoms with Gasteiger partial charge in [-0.05, 0) is 99.4 Å². The fourth-order valence-corrected chi connectivity index (χ4v) is 9.91. The highest BCUT2D eigenvalue weighted by molar-refractivity contribution is 6.06. The predicted molar refractivity (Wildman–Crippen MR) is 204 cm³/mol. The van der Waals surface area contributed by atoms with E-state index in [2.05, 4.69) is 37.5 Å². The number of nitrogens with zero attached hydrogens (tertiary/aromatic N) is 7. The smallest absolute Gasteiger partial charge is 0.422 e. The summed E-state index contributed by atoms with van der Waals surface area (Å²) < 4.78 is 54.0. The molecule has 0 unspecified atom stereocenters. The zero-order valence-corrected chi connectivity index (χ0v) is 31.3. The van der Waals surface area contributed by atoms with Gasteiger partial charge in [0.1, 0.15) is 11.3 Å². The lowest BCUT2D eigenvalue weighted by Gasteiger charge is -2.55. The van der Waals surface area contributed by atoms with Crippen LogP contribution in [0.2, 0.25) is 0 Å². The molecular weight excluding hydrogens is 709 g/mol. The van der Waals surface area contributed by atoms with Gasteiger partial charge in [-0.2, -0.15) is 23.3 Å². The maximum atomic E-state index is 14.2. The average molecular weight is 757 g/mol. The first-order valence-electron chi connectivity index (χ1n) is 19.8. The van der Waals surface area contributed by atoms with Crippen molar-refractivity contribution >= 4 is 39.5 Å². The molecule has 6 aliphatic rings. The highest BCUT2D eigenvalue weighted by Gasteiger charge is 2.49. The van der Waals surface area contributed by atoms with E-state index in [-0.39, 0.29) is 28.4 Å². The Bertz CT molecular complexity index is 2160. The summed E-state index contributed by atoms with van der Waals surface area (Å²) in [5, 5.41) is 8.93. The van der Waals surface area contributed by atoms with Gasteiger partial charge in [0.05, 0.1) is 31.0 Å². The highest BCUT2D eigenvalue weighted by atomic mass is 19.4. The topological polar surface area (TPSA) is 103 Å². The summed E-state index contributed by atoms with van der Waals surface area (Å²) in [6.45, 7) is 12.4. The van der Waals surface area contributed by atoms with Gasteiger partial charge in [-0.1, -0.05) is 12.6 Å². The van der Waals surface area contributed by atoms with Gasteiger partial charge < -0.3 is 24.2 Å². The summed E-state index contributed by atoms with van der Waals surface area (Å²) in [6.07, 6.45) is 4.41. The van der Waals surface area contributed by atoms with E-state index in [9.17, 15) is 18.0 Å². The van der Waals surface area contributed by atoms with Crippen LogP contribution in [0.5, 0.6) is 5.75 Å². The number of H-pyrrole nitrogens is 1. The number of alkyl halides is 3. The summed E-state index contributed by atoms with van der Waals surface area (Å²) in [5.41, 5.74) is 4.83. The second kappa shape index (κ2) is 12.8. The number of ether oxygens (including phenoxy) is 2. The molecule has 2 aromatic carbocycles. The zero-order chi connectivity index (χ0) is 37.7. The minimum absolute atomic E-state index is 0.0364. The van der Waals surface area contributed by atoms with Gasteiger partial charge in [0, 0.05) is 66.4 Å². The first kappa shape index (κ1) is 35.0. The van der Waals surface area contributed by atoms with Crippen LogP contribution < -0.4 is 14.5 Å². The van der Waals surface area contributed by atoms with Gasteiger partial charge >= 0.3 is 6.18 Å². The second-order valence-electron chi connectivity index (χ2n) is 17.1. The molecule has 290 valence electrons. The standard InChI is InChI=1S/C41H47F3N8O3/c1-3-32(53)51-20-39(21-51)10-14-50(15-11-39)37-29-16-28(26-5-6-26)34(33-25(2)4-7-31-30(33)17-45-48-31)36(55-24-41(42,43)44)35(29)46-38(47-37)52-22-40(23-52)8-12-49(13-9-40)27-18-54-19-27/h3-4,7,16-17,26-27H,1,5-6,8-15,18-24H2,2H3,(H,45,48). The van der Waals surface area contributed by atoms with E-state index in [4.69, 9.17) is 19.4 Å². The fraction of sp³-hybridized carbons (Fsp3) is 0.561. The summed E-state index contributed by atoms with van der Waals surface area (Å²) >= 11 is 0. The molecule has 1 amide bonds. The molecule has 14 heteroatoms. The number of benzene rings is 2. The minimum Gasteiger partial charge on any atom is -0.481 e. The van der Waals surface area contributed by atoms with Gasteiger partial charge in [0.2, 0.25) is 11.9 Å². The van der Waals surface area contributed by atoms with Crippen molar-refractivity contribution in [2.45, 2.75) is 63.6 Å². The Morgan fingerprint density at radius 3 is 2.35 bits per heavy atom. The van der Waals surface area contributed by atoms with Crippen LogP contribution in [0.3, 0.4) is 0 Å². The number of fused-ring (bicyclic) bond motifs is 2. The Balaban J connectivity index is 1.08. The van der Waals surface area contributed by atoms with Gasteiger partial charge in [-0.3, -0.25) is 14.8 Å². The molecular formula is C41H47F3N8O3. The fourth-order valence-electron chi connectivity index (χ4n) is 9.91. The third-order valence-corrected chi connectivity index (χ3v) is 13.4. The number of aromatic amines is 1. The van der Waals surface area contributed by atoms with Crippen LogP contribution >= 0.6 is 0 Å². The van der Waals surface area contributed by atoms with E-state index in [1.807, 2.05) is 24.0 Å². The summed E-state index contributed by atoms with van der Waals surface area (Å²) in [7, 11) is 0. The number of aryl methyl sites for hydroxylation is 1. The lowest BCUT2D eigenvalue weighted by molar-refractivity contribution is -0.153. The molecule has 1 aliphatic carbocycles. The monoisotopic (exact) mass is 756 g/mol. The number of hydrogen-bond donors (Lipinski definition) is 1. The highest BCUT2D eigenvalue weighted by Crippen LogP contribution is 2.54. The van der Waals surface area contributed by atoms with E-state index < -0.39 is 12.8 Å². The third kappa shape index (κ3) is 6.10. The van der Waals surface area contributed by atoms with E-state index in [1.54, 1.807) is 6.20 Å². The number of aromatic nitrogens is 4. The van der Waals surface area contributed by atoms with Crippen molar-refractivity contribution in [2.75, 3.05) is 82.0 Å². The number of amides is 1. The third-order valence-electron chi connectivity index (χ3n) is 13.4. The molecule has 10 rings (SSSR count). The van der Waals surface area contributed by atoms with Gasteiger partial charge in [-0.15, -0.1) is 0 Å². The van der Waals surface area contributed by atoms with Crippen molar-refractivity contribution < 1.29 is 27.4 Å². The maximum Gasteiger partial charge on any atom is 0.422 e. The number of likely N-dealkylation sites (tertiary alicyclic amines) is 2. The molecule has 5 aliphatic heterocycles. The zero-order valence-electron chi connectivity index (χ0n) is 31.3. The van der Waals surface area contributed by atoms with Crippen LogP contribution in [-0.4, -0.2) is 120 Å². The van der Waals surface area contributed by atoms with Gasteiger partial charge in [0.25, 0.3) is 0 Å². The molecule has 0 radical (unpaired) electrons. The molecule has 55 heavy (non-hydrogen) atoms. The molecule has 1 N–H and O–H groups in total. The Morgan fingerprint density at radius 1 is 0.982 bits per heavy atom. The number of rotatable bonds is 8. The average Bonchev–Trinajstić information content (AvgIpc) is 3.86. The van der Waals surface area contributed by atoms with Crippen LogP contribution in [-0.2, 0) is 9.53 Å². The van der Waals surface area contributed by atoms with Crippen molar-refractivity contribution in [3.05, 3.63) is 48.2 Å². The molecule has 11 nitrogen and oxygen atoms in total.